The van der Waals surface area contributed by atoms with Crippen LogP contribution in [0.4, 0.5) is 11.5 Å². The molecule has 0 unspecified atom stereocenters. The molecule has 3 nitrogen and oxygen atoms in total. The molecule has 5 heteroatoms. The van der Waals surface area contributed by atoms with Crippen molar-refractivity contribution in [2.75, 3.05) is 5.32 Å². The summed E-state index contributed by atoms with van der Waals surface area (Å²) in [6.07, 6.45) is 0. The van der Waals surface area contributed by atoms with E-state index in [0.29, 0.717) is 5.02 Å². The molecule has 0 bridgehead atoms. The van der Waals surface area contributed by atoms with E-state index in [1.165, 1.54) is 0 Å². The number of halogens is 1. The molecule has 112 valence electrons. The van der Waals surface area contributed by atoms with Crippen molar-refractivity contribution in [3.05, 3.63) is 71.1 Å². The molecule has 0 aliphatic heterocycles. The van der Waals surface area contributed by atoms with E-state index in [1.807, 2.05) is 66.0 Å². The van der Waals surface area contributed by atoms with Gasteiger partial charge in [-0.3, -0.25) is 0 Å². The summed E-state index contributed by atoms with van der Waals surface area (Å²) in [6.45, 7) is 0. The van der Waals surface area contributed by atoms with Gasteiger partial charge in [0.1, 0.15) is 5.82 Å². The Balaban J connectivity index is 1.84. The van der Waals surface area contributed by atoms with Gasteiger partial charge in [0.25, 0.3) is 0 Å². The lowest BCUT2D eigenvalue weighted by Gasteiger charge is -2.10. The van der Waals surface area contributed by atoms with Crippen molar-refractivity contribution in [1.82, 2.24) is 9.97 Å². The molecular weight excluding hydrogens is 326 g/mol. The van der Waals surface area contributed by atoms with Crippen LogP contribution in [0.25, 0.3) is 21.6 Å². The second-order valence-corrected chi connectivity index (χ2v) is 6.41. The number of rotatable bonds is 3. The monoisotopic (exact) mass is 337 g/mol. The molecule has 0 atom stereocenters. The highest BCUT2D eigenvalue weighted by Crippen LogP contribution is 2.29. The molecule has 0 saturated heterocycles. The van der Waals surface area contributed by atoms with E-state index < -0.39 is 0 Å². The minimum absolute atomic E-state index is 0.711. The Labute approximate surface area is 142 Å². The Morgan fingerprint density at radius 2 is 1.70 bits per heavy atom. The number of nitrogens with zero attached hydrogens (tertiary/aromatic N) is 2. The van der Waals surface area contributed by atoms with Crippen LogP contribution in [0, 0.1) is 0 Å². The number of para-hydroxylation sites is 1. The number of anilines is 2. The molecule has 2 heterocycles. The minimum Gasteiger partial charge on any atom is -0.340 e. The lowest BCUT2D eigenvalue weighted by molar-refractivity contribution is 1.23. The van der Waals surface area contributed by atoms with E-state index in [1.54, 1.807) is 11.3 Å². The third kappa shape index (κ3) is 2.91. The molecule has 4 aromatic rings. The molecule has 0 saturated carbocycles. The number of fused-ring (bicyclic) bond motifs is 1. The maximum absolute atomic E-state index is 5.95. The fourth-order valence-corrected chi connectivity index (χ4v) is 3.14. The molecule has 0 aliphatic carbocycles. The molecular formula is C18H12ClN3S. The van der Waals surface area contributed by atoms with Crippen molar-refractivity contribution >= 4 is 45.3 Å². The number of hydrogen-bond donors (Lipinski definition) is 1. The third-order valence-corrected chi connectivity index (χ3v) is 4.57. The summed E-state index contributed by atoms with van der Waals surface area (Å²) in [5.41, 5.74) is 1.86. The Hall–Kier alpha value is -2.43. The highest BCUT2D eigenvalue weighted by molar-refractivity contribution is 7.13. The van der Waals surface area contributed by atoms with Crippen LogP contribution in [0.3, 0.4) is 0 Å². The fourth-order valence-electron chi connectivity index (χ4n) is 2.36. The molecule has 23 heavy (non-hydrogen) atoms. The quantitative estimate of drug-likeness (QED) is 0.516. The van der Waals surface area contributed by atoms with Gasteiger partial charge >= 0.3 is 0 Å². The zero-order valence-corrected chi connectivity index (χ0v) is 13.6. The van der Waals surface area contributed by atoms with Gasteiger partial charge in [-0.2, -0.15) is 0 Å². The van der Waals surface area contributed by atoms with Gasteiger partial charge in [0.15, 0.2) is 5.82 Å². The van der Waals surface area contributed by atoms with Crippen LogP contribution < -0.4 is 5.32 Å². The highest BCUT2D eigenvalue weighted by Gasteiger charge is 2.10. The van der Waals surface area contributed by atoms with Crippen LogP contribution >= 0.6 is 22.9 Å². The van der Waals surface area contributed by atoms with Crippen molar-refractivity contribution in [3.8, 4) is 10.7 Å². The van der Waals surface area contributed by atoms with Gasteiger partial charge in [-0.15, -0.1) is 11.3 Å². The lowest BCUT2D eigenvalue weighted by Crippen LogP contribution is -1.98. The Kier molecular flexibility index (Phi) is 3.69. The molecule has 1 N–H and O–H groups in total. The van der Waals surface area contributed by atoms with Crippen LogP contribution in [0.5, 0.6) is 0 Å². The first-order valence-corrected chi connectivity index (χ1v) is 8.38. The summed E-state index contributed by atoms with van der Waals surface area (Å²) in [5.74, 6) is 1.52. The zero-order valence-electron chi connectivity index (χ0n) is 12.0. The molecule has 0 radical (unpaired) electrons. The summed E-state index contributed by atoms with van der Waals surface area (Å²) in [4.78, 5) is 10.4. The lowest BCUT2D eigenvalue weighted by atomic mass is 10.2. The van der Waals surface area contributed by atoms with Gasteiger partial charge in [-0.1, -0.05) is 29.8 Å². The normalized spacial score (nSPS) is 10.8. The van der Waals surface area contributed by atoms with E-state index in [0.717, 1.165) is 33.1 Å². The van der Waals surface area contributed by atoms with E-state index in [-0.39, 0.29) is 0 Å². The third-order valence-electron chi connectivity index (χ3n) is 3.45. The topological polar surface area (TPSA) is 37.8 Å². The average Bonchev–Trinajstić information content (AvgIpc) is 3.11. The van der Waals surface area contributed by atoms with Crippen LogP contribution in [-0.2, 0) is 0 Å². The number of benzene rings is 2. The fraction of sp³-hybridized carbons (Fsp3) is 0. The SMILES string of the molecule is Clc1ccc(Nc2nc(-c3cccs3)nc3ccccc23)cc1. The molecule has 0 aliphatic rings. The summed E-state index contributed by atoms with van der Waals surface area (Å²) in [7, 11) is 0. The Morgan fingerprint density at radius 3 is 2.48 bits per heavy atom. The van der Waals surface area contributed by atoms with Gasteiger partial charge in [0.2, 0.25) is 0 Å². The van der Waals surface area contributed by atoms with Crippen LogP contribution in [0.1, 0.15) is 0 Å². The summed E-state index contributed by atoms with van der Waals surface area (Å²) >= 11 is 7.58. The molecule has 0 fully saturated rings. The molecule has 2 aromatic heterocycles. The highest BCUT2D eigenvalue weighted by atomic mass is 35.5. The van der Waals surface area contributed by atoms with Gasteiger partial charge in [-0.25, -0.2) is 9.97 Å². The van der Waals surface area contributed by atoms with Crippen molar-refractivity contribution < 1.29 is 0 Å². The first kappa shape index (κ1) is 14.2. The van der Waals surface area contributed by atoms with Crippen molar-refractivity contribution in [2.24, 2.45) is 0 Å². The first-order valence-electron chi connectivity index (χ1n) is 7.13. The number of nitrogens with one attached hydrogen (secondary N) is 1. The van der Waals surface area contributed by atoms with E-state index in [4.69, 9.17) is 16.6 Å². The summed E-state index contributed by atoms with van der Waals surface area (Å²) in [6, 6.07) is 19.6. The van der Waals surface area contributed by atoms with Gasteiger partial charge in [0.05, 0.1) is 10.4 Å². The maximum atomic E-state index is 5.95. The van der Waals surface area contributed by atoms with Gasteiger partial charge in [-0.05, 0) is 47.8 Å². The van der Waals surface area contributed by atoms with E-state index in [9.17, 15) is 0 Å². The predicted octanol–water partition coefficient (Wildman–Crippen LogP) is 5.76. The van der Waals surface area contributed by atoms with E-state index in [2.05, 4.69) is 10.3 Å². The van der Waals surface area contributed by atoms with E-state index >= 15 is 0 Å². The molecule has 4 rings (SSSR count). The van der Waals surface area contributed by atoms with Gasteiger partial charge < -0.3 is 5.32 Å². The maximum Gasteiger partial charge on any atom is 0.172 e. The first-order chi connectivity index (χ1) is 11.3. The standard InChI is InChI=1S/C18H12ClN3S/c19-12-7-9-13(10-8-12)20-17-14-4-1-2-5-15(14)21-18(22-17)16-6-3-11-23-16/h1-11H,(H,20,21,22). The second kappa shape index (κ2) is 5.99. The van der Waals surface area contributed by atoms with Crippen molar-refractivity contribution in [2.45, 2.75) is 0 Å². The number of aromatic nitrogens is 2. The number of hydrogen-bond acceptors (Lipinski definition) is 4. The van der Waals surface area contributed by atoms with Crippen LogP contribution in [-0.4, -0.2) is 9.97 Å². The smallest absolute Gasteiger partial charge is 0.172 e. The molecule has 0 spiro atoms. The van der Waals surface area contributed by atoms with Crippen LogP contribution in [0.2, 0.25) is 5.02 Å². The van der Waals surface area contributed by atoms with Gasteiger partial charge in [0, 0.05) is 16.1 Å². The van der Waals surface area contributed by atoms with Crippen molar-refractivity contribution in [1.29, 1.82) is 0 Å². The molecule has 2 aromatic carbocycles. The minimum atomic E-state index is 0.711. The average molecular weight is 338 g/mol. The van der Waals surface area contributed by atoms with Crippen molar-refractivity contribution in [3.63, 3.8) is 0 Å². The Bertz CT molecular complexity index is 950. The Morgan fingerprint density at radius 1 is 0.870 bits per heavy atom. The summed E-state index contributed by atoms with van der Waals surface area (Å²) < 4.78 is 0. The second-order valence-electron chi connectivity index (χ2n) is 5.02. The summed E-state index contributed by atoms with van der Waals surface area (Å²) in [5, 5.41) is 7.10. The molecule has 0 amide bonds. The van der Waals surface area contributed by atoms with Crippen LogP contribution in [0.15, 0.2) is 66.0 Å². The zero-order chi connectivity index (χ0) is 15.6. The number of thiophene rings is 1. The largest absolute Gasteiger partial charge is 0.340 e. The predicted molar refractivity (Wildman–Crippen MR) is 97.6 cm³/mol.